The number of nitrogens with zero attached hydrogens (tertiary/aromatic N) is 1. The number of nitrogens with one attached hydrogen (secondary N) is 2. The lowest BCUT2D eigenvalue weighted by atomic mass is 10.1. The minimum absolute atomic E-state index is 0.169. The highest BCUT2D eigenvalue weighted by Gasteiger charge is 2.21. The molecule has 1 aliphatic heterocycles. The molecule has 2 rings (SSSR count). The molecule has 0 spiro atoms. The minimum atomic E-state index is -0.869. The van der Waals surface area contributed by atoms with Crippen molar-refractivity contribution in [2.24, 2.45) is 5.92 Å². The third-order valence-electron chi connectivity index (χ3n) is 4.06. The Labute approximate surface area is 124 Å². The van der Waals surface area contributed by atoms with Crippen molar-refractivity contribution in [3.63, 3.8) is 0 Å². The zero-order chi connectivity index (χ0) is 15.2. The highest BCUT2D eigenvalue weighted by molar-refractivity contribution is 5.93. The fourth-order valence-electron chi connectivity index (χ4n) is 2.70. The van der Waals surface area contributed by atoms with Crippen LogP contribution in [-0.2, 0) is 4.79 Å². The first kappa shape index (κ1) is 15.6. The number of carboxylic acids is 1. The second-order valence-electron chi connectivity index (χ2n) is 5.44. The van der Waals surface area contributed by atoms with Gasteiger partial charge in [0.2, 0.25) is 0 Å². The van der Waals surface area contributed by atoms with Crippen LogP contribution in [0.25, 0.3) is 0 Å². The molecule has 0 radical (unpaired) electrons. The standard InChI is InChI=1S/C15H23N3O3/c1-2-11(15(20)21)10-17-14(19)13-4-3-9-18(13)12-5-7-16-8-6-12/h3-4,9,11-12,16H,2,5-8,10H2,1H3,(H,17,19)(H,20,21). The van der Waals surface area contributed by atoms with Crippen molar-refractivity contribution in [3.05, 3.63) is 24.0 Å². The lowest BCUT2D eigenvalue weighted by Gasteiger charge is -2.26. The first-order valence-electron chi connectivity index (χ1n) is 7.52. The minimum Gasteiger partial charge on any atom is -0.481 e. The first-order valence-corrected chi connectivity index (χ1v) is 7.52. The van der Waals surface area contributed by atoms with Crippen molar-refractivity contribution in [2.75, 3.05) is 19.6 Å². The van der Waals surface area contributed by atoms with Crippen molar-refractivity contribution in [3.8, 4) is 0 Å². The number of hydrogen-bond donors (Lipinski definition) is 3. The van der Waals surface area contributed by atoms with E-state index < -0.39 is 11.9 Å². The van der Waals surface area contributed by atoms with Gasteiger partial charge in [0.05, 0.1) is 5.92 Å². The molecule has 1 aromatic heterocycles. The van der Waals surface area contributed by atoms with Gasteiger partial charge in [-0.05, 0) is 44.5 Å². The van der Waals surface area contributed by atoms with Gasteiger partial charge in [-0.15, -0.1) is 0 Å². The van der Waals surface area contributed by atoms with E-state index >= 15 is 0 Å². The molecule has 1 fully saturated rings. The number of amides is 1. The Morgan fingerprint density at radius 1 is 1.48 bits per heavy atom. The molecule has 3 N–H and O–H groups in total. The summed E-state index contributed by atoms with van der Waals surface area (Å²) < 4.78 is 2.01. The van der Waals surface area contributed by atoms with Gasteiger partial charge in [0.1, 0.15) is 5.69 Å². The summed E-state index contributed by atoms with van der Waals surface area (Å²) in [4.78, 5) is 23.3. The smallest absolute Gasteiger partial charge is 0.308 e. The fourth-order valence-corrected chi connectivity index (χ4v) is 2.70. The number of carbonyl (C=O) groups excluding carboxylic acids is 1. The van der Waals surface area contributed by atoms with Crippen molar-refractivity contribution in [2.45, 2.75) is 32.2 Å². The molecule has 2 heterocycles. The van der Waals surface area contributed by atoms with Gasteiger partial charge in [-0.2, -0.15) is 0 Å². The van der Waals surface area contributed by atoms with Crippen molar-refractivity contribution in [1.82, 2.24) is 15.2 Å². The number of aromatic nitrogens is 1. The summed E-state index contributed by atoms with van der Waals surface area (Å²) >= 11 is 0. The van der Waals surface area contributed by atoms with Gasteiger partial charge in [0, 0.05) is 18.8 Å². The number of piperidine rings is 1. The molecule has 6 heteroatoms. The van der Waals surface area contributed by atoms with Crippen LogP contribution in [0.5, 0.6) is 0 Å². The Hall–Kier alpha value is -1.82. The molecule has 1 aliphatic rings. The molecule has 0 aromatic carbocycles. The lowest BCUT2D eigenvalue weighted by molar-refractivity contribution is -0.141. The summed E-state index contributed by atoms with van der Waals surface area (Å²) in [6.45, 7) is 3.90. The number of carbonyl (C=O) groups is 2. The maximum atomic E-state index is 12.3. The van der Waals surface area contributed by atoms with Crippen LogP contribution < -0.4 is 10.6 Å². The molecule has 0 saturated carbocycles. The van der Waals surface area contributed by atoms with Gasteiger partial charge < -0.3 is 20.3 Å². The summed E-state index contributed by atoms with van der Waals surface area (Å²) in [6.07, 6.45) is 4.44. The lowest BCUT2D eigenvalue weighted by Crippen LogP contribution is -2.35. The average Bonchev–Trinajstić information content (AvgIpc) is 2.97. The van der Waals surface area contributed by atoms with Crippen LogP contribution in [0.15, 0.2) is 18.3 Å². The van der Waals surface area contributed by atoms with Crippen molar-refractivity contribution < 1.29 is 14.7 Å². The number of carboxylic acid groups (broad SMARTS) is 1. The second-order valence-corrected chi connectivity index (χ2v) is 5.44. The van der Waals surface area contributed by atoms with Gasteiger partial charge in [0.15, 0.2) is 0 Å². The van der Waals surface area contributed by atoms with E-state index in [9.17, 15) is 9.59 Å². The molecule has 6 nitrogen and oxygen atoms in total. The van der Waals surface area contributed by atoms with E-state index in [-0.39, 0.29) is 12.5 Å². The van der Waals surface area contributed by atoms with Gasteiger partial charge in [-0.1, -0.05) is 6.92 Å². The Bertz CT molecular complexity index is 492. The van der Waals surface area contributed by atoms with Gasteiger partial charge in [-0.25, -0.2) is 0 Å². The van der Waals surface area contributed by atoms with Crippen molar-refractivity contribution >= 4 is 11.9 Å². The fraction of sp³-hybridized carbons (Fsp3) is 0.600. The SMILES string of the molecule is CCC(CNC(=O)c1cccn1C1CCNCC1)C(=O)O. The van der Waals surface area contributed by atoms with Crippen LogP contribution >= 0.6 is 0 Å². The number of aliphatic carboxylic acids is 1. The highest BCUT2D eigenvalue weighted by atomic mass is 16.4. The van der Waals surface area contributed by atoms with Crippen LogP contribution in [0, 0.1) is 5.92 Å². The van der Waals surface area contributed by atoms with Crippen LogP contribution in [0.3, 0.4) is 0 Å². The highest BCUT2D eigenvalue weighted by Crippen LogP contribution is 2.21. The van der Waals surface area contributed by atoms with E-state index in [1.807, 2.05) is 23.8 Å². The van der Waals surface area contributed by atoms with Gasteiger partial charge in [-0.3, -0.25) is 9.59 Å². The summed E-state index contributed by atoms with van der Waals surface area (Å²) in [5.74, 6) is -1.60. The molecule has 0 aliphatic carbocycles. The maximum Gasteiger partial charge on any atom is 0.308 e. The van der Waals surface area contributed by atoms with Gasteiger partial charge >= 0.3 is 5.97 Å². The molecule has 1 aromatic rings. The van der Waals surface area contributed by atoms with E-state index in [2.05, 4.69) is 10.6 Å². The zero-order valence-corrected chi connectivity index (χ0v) is 12.3. The predicted molar refractivity (Wildman–Crippen MR) is 79.3 cm³/mol. The Balaban J connectivity index is 1.99. The van der Waals surface area contributed by atoms with E-state index in [4.69, 9.17) is 5.11 Å². The number of rotatable bonds is 6. The van der Waals surface area contributed by atoms with E-state index in [1.54, 1.807) is 6.07 Å². The Morgan fingerprint density at radius 2 is 2.19 bits per heavy atom. The Kier molecular flexibility index (Phi) is 5.38. The summed E-state index contributed by atoms with van der Waals surface area (Å²) in [7, 11) is 0. The summed E-state index contributed by atoms with van der Waals surface area (Å²) in [5.41, 5.74) is 0.613. The summed E-state index contributed by atoms with van der Waals surface area (Å²) in [6, 6.07) is 3.99. The molecule has 21 heavy (non-hydrogen) atoms. The molecular formula is C15H23N3O3. The van der Waals surface area contributed by atoms with Gasteiger partial charge in [0.25, 0.3) is 5.91 Å². The number of hydrogen-bond acceptors (Lipinski definition) is 3. The maximum absolute atomic E-state index is 12.3. The monoisotopic (exact) mass is 293 g/mol. The largest absolute Gasteiger partial charge is 0.481 e. The van der Waals surface area contributed by atoms with E-state index in [1.165, 1.54) is 0 Å². The molecule has 1 saturated heterocycles. The summed E-state index contributed by atoms with van der Waals surface area (Å²) in [5, 5.41) is 15.1. The van der Waals surface area contributed by atoms with Crippen LogP contribution in [-0.4, -0.2) is 41.2 Å². The van der Waals surface area contributed by atoms with Crippen LogP contribution in [0.2, 0.25) is 0 Å². The molecule has 0 bridgehead atoms. The third kappa shape index (κ3) is 3.85. The molecule has 116 valence electrons. The van der Waals surface area contributed by atoms with Crippen LogP contribution in [0.1, 0.15) is 42.7 Å². The first-order chi connectivity index (χ1) is 10.1. The molecule has 1 amide bonds. The molecule has 1 atom stereocenters. The molecule has 1 unspecified atom stereocenters. The van der Waals surface area contributed by atoms with E-state index in [0.717, 1.165) is 25.9 Å². The third-order valence-corrected chi connectivity index (χ3v) is 4.06. The van der Waals surface area contributed by atoms with Crippen LogP contribution in [0.4, 0.5) is 0 Å². The van der Waals surface area contributed by atoms with E-state index in [0.29, 0.717) is 18.2 Å². The second kappa shape index (κ2) is 7.26. The normalized spacial score (nSPS) is 17.4. The molecular weight excluding hydrogens is 270 g/mol. The topological polar surface area (TPSA) is 83.4 Å². The predicted octanol–water partition coefficient (Wildman–Crippen LogP) is 1.25. The Morgan fingerprint density at radius 3 is 2.81 bits per heavy atom. The quantitative estimate of drug-likeness (QED) is 0.737. The average molecular weight is 293 g/mol. The zero-order valence-electron chi connectivity index (χ0n) is 12.3. The van der Waals surface area contributed by atoms with Crippen molar-refractivity contribution in [1.29, 1.82) is 0 Å².